The topological polar surface area (TPSA) is 81.4 Å². The summed E-state index contributed by atoms with van der Waals surface area (Å²) in [5.41, 5.74) is 2.03. The molecule has 2 N–H and O–H groups in total. The van der Waals surface area contributed by atoms with Crippen molar-refractivity contribution in [1.82, 2.24) is 24.9 Å². The van der Waals surface area contributed by atoms with Crippen molar-refractivity contribution in [2.24, 2.45) is 0 Å². The molecule has 0 saturated carbocycles. The number of aromatic nitrogens is 3. The summed E-state index contributed by atoms with van der Waals surface area (Å²) in [6, 6.07) is 8.17. The monoisotopic (exact) mass is 341 g/mol. The second-order valence-electron chi connectivity index (χ2n) is 6.45. The Labute approximate surface area is 146 Å². The third kappa shape index (κ3) is 3.73. The van der Waals surface area contributed by atoms with Crippen LogP contribution in [0.4, 0.5) is 0 Å². The number of fused-ring (bicyclic) bond motifs is 1. The summed E-state index contributed by atoms with van der Waals surface area (Å²) < 4.78 is 5.42. The molecule has 0 bridgehead atoms. The summed E-state index contributed by atoms with van der Waals surface area (Å²) in [7, 11) is 0. The van der Waals surface area contributed by atoms with E-state index in [9.17, 15) is 0 Å². The predicted molar refractivity (Wildman–Crippen MR) is 95.3 cm³/mol. The Morgan fingerprint density at radius 1 is 1.08 bits per heavy atom. The van der Waals surface area contributed by atoms with Crippen molar-refractivity contribution < 1.29 is 9.63 Å². The number of benzene rings is 1. The fraction of sp³-hybridized carbons (Fsp3) is 0.444. The SMILES string of the molecule is OCCN1CCN(CCc2nc(-c3ccc4cc[nH]c4c3)no2)CC1. The van der Waals surface area contributed by atoms with Crippen molar-refractivity contribution in [1.29, 1.82) is 0 Å². The van der Waals surface area contributed by atoms with Gasteiger partial charge in [0.25, 0.3) is 0 Å². The molecule has 0 radical (unpaired) electrons. The predicted octanol–water partition coefficient (Wildman–Crippen LogP) is 1.37. The van der Waals surface area contributed by atoms with E-state index in [1.165, 1.54) is 5.39 Å². The summed E-state index contributed by atoms with van der Waals surface area (Å²) in [4.78, 5) is 12.4. The van der Waals surface area contributed by atoms with Crippen LogP contribution >= 0.6 is 0 Å². The van der Waals surface area contributed by atoms with E-state index in [0.29, 0.717) is 11.7 Å². The number of rotatable bonds is 6. The van der Waals surface area contributed by atoms with Crippen LogP contribution in [0.5, 0.6) is 0 Å². The van der Waals surface area contributed by atoms with E-state index in [-0.39, 0.29) is 6.61 Å². The van der Waals surface area contributed by atoms with Gasteiger partial charge >= 0.3 is 0 Å². The first-order chi connectivity index (χ1) is 12.3. The van der Waals surface area contributed by atoms with E-state index >= 15 is 0 Å². The number of hydrogen-bond donors (Lipinski definition) is 2. The summed E-state index contributed by atoms with van der Waals surface area (Å²) in [5.74, 6) is 1.32. The zero-order valence-electron chi connectivity index (χ0n) is 14.2. The Kier molecular flexibility index (Phi) is 4.78. The first kappa shape index (κ1) is 16.3. The van der Waals surface area contributed by atoms with E-state index in [0.717, 1.165) is 56.8 Å². The molecule has 0 unspecified atom stereocenters. The number of aliphatic hydroxyl groups excluding tert-OH is 1. The molecule has 3 heterocycles. The third-order valence-corrected chi connectivity index (χ3v) is 4.80. The number of aromatic amines is 1. The molecule has 25 heavy (non-hydrogen) atoms. The van der Waals surface area contributed by atoms with Gasteiger partial charge in [-0.1, -0.05) is 17.3 Å². The second kappa shape index (κ2) is 7.35. The van der Waals surface area contributed by atoms with E-state index in [1.54, 1.807) is 0 Å². The number of hydrogen-bond acceptors (Lipinski definition) is 6. The number of aliphatic hydroxyl groups is 1. The lowest BCUT2D eigenvalue weighted by Gasteiger charge is -2.33. The highest BCUT2D eigenvalue weighted by molar-refractivity contribution is 5.83. The molecule has 132 valence electrons. The molecule has 0 spiro atoms. The molecule has 7 nitrogen and oxygen atoms in total. The van der Waals surface area contributed by atoms with Crippen molar-refractivity contribution >= 4 is 10.9 Å². The van der Waals surface area contributed by atoms with Gasteiger partial charge in [-0.3, -0.25) is 4.90 Å². The van der Waals surface area contributed by atoms with Crippen LogP contribution in [0.15, 0.2) is 35.0 Å². The van der Waals surface area contributed by atoms with Gasteiger partial charge in [0.2, 0.25) is 11.7 Å². The average Bonchev–Trinajstić information content (AvgIpc) is 3.30. The average molecular weight is 341 g/mol. The van der Waals surface area contributed by atoms with Gasteiger partial charge < -0.3 is 19.5 Å². The van der Waals surface area contributed by atoms with Gasteiger partial charge in [0.1, 0.15) is 0 Å². The van der Waals surface area contributed by atoms with E-state index in [4.69, 9.17) is 9.63 Å². The molecule has 1 aliphatic heterocycles. The molecule has 0 atom stereocenters. The largest absolute Gasteiger partial charge is 0.395 e. The lowest BCUT2D eigenvalue weighted by molar-refractivity contribution is 0.112. The minimum atomic E-state index is 0.235. The Bertz CT molecular complexity index is 820. The highest BCUT2D eigenvalue weighted by Gasteiger charge is 2.17. The Balaban J connectivity index is 1.34. The summed E-state index contributed by atoms with van der Waals surface area (Å²) in [6.45, 7) is 5.97. The molecular formula is C18H23N5O2. The number of β-amino-alcohol motifs (C(OH)–C–C–N with tert-alkyl or cyclic N) is 1. The van der Waals surface area contributed by atoms with Gasteiger partial charge in [0, 0.05) is 63.0 Å². The molecule has 4 rings (SSSR count). The number of piperazine rings is 1. The Hall–Kier alpha value is -2.22. The fourth-order valence-electron chi connectivity index (χ4n) is 3.29. The zero-order chi connectivity index (χ0) is 17.1. The van der Waals surface area contributed by atoms with Crippen LogP contribution in [0.3, 0.4) is 0 Å². The quantitative estimate of drug-likeness (QED) is 0.705. The smallest absolute Gasteiger partial charge is 0.228 e. The number of H-pyrrole nitrogens is 1. The van der Waals surface area contributed by atoms with Crippen LogP contribution in [0, 0.1) is 0 Å². The highest BCUT2D eigenvalue weighted by Crippen LogP contribution is 2.21. The highest BCUT2D eigenvalue weighted by atomic mass is 16.5. The van der Waals surface area contributed by atoms with Crippen LogP contribution in [0.2, 0.25) is 0 Å². The lowest BCUT2D eigenvalue weighted by atomic mass is 10.1. The van der Waals surface area contributed by atoms with Gasteiger partial charge in [0.05, 0.1) is 6.61 Å². The third-order valence-electron chi connectivity index (χ3n) is 4.80. The van der Waals surface area contributed by atoms with Crippen LogP contribution in [0.25, 0.3) is 22.3 Å². The van der Waals surface area contributed by atoms with E-state index in [1.807, 2.05) is 24.4 Å². The minimum absolute atomic E-state index is 0.235. The standard InChI is InChI=1S/C18H23N5O2/c24-12-11-23-9-7-22(8-10-23)6-4-17-20-18(21-25-17)15-2-1-14-3-5-19-16(14)13-15/h1-3,5,13,19,24H,4,6-12H2. The Morgan fingerprint density at radius 3 is 2.68 bits per heavy atom. The van der Waals surface area contributed by atoms with Gasteiger partial charge in [-0.25, -0.2) is 0 Å². The molecule has 7 heteroatoms. The maximum absolute atomic E-state index is 8.99. The van der Waals surface area contributed by atoms with Gasteiger partial charge in [-0.2, -0.15) is 4.98 Å². The van der Waals surface area contributed by atoms with Crippen LogP contribution in [-0.2, 0) is 6.42 Å². The maximum atomic E-state index is 8.99. The molecule has 0 amide bonds. The van der Waals surface area contributed by atoms with E-state index < -0.39 is 0 Å². The van der Waals surface area contributed by atoms with Crippen molar-refractivity contribution in [3.8, 4) is 11.4 Å². The number of nitrogens with zero attached hydrogens (tertiary/aromatic N) is 4. The molecule has 3 aromatic rings. The first-order valence-corrected chi connectivity index (χ1v) is 8.77. The molecule has 1 aliphatic rings. The molecular weight excluding hydrogens is 318 g/mol. The maximum Gasteiger partial charge on any atom is 0.228 e. The van der Waals surface area contributed by atoms with Crippen molar-refractivity contribution in [3.63, 3.8) is 0 Å². The van der Waals surface area contributed by atoms with Gasteiger partial charge in [-0.05, 0) is 17.5 Å². The molecule has 2 aromatic heterocycles. The molecule has 1 aromatic carbocycles. The van der Waals surface area contributed by atoms with Crippen LogP contribution < -0.4 is 0 Å². The summed E-state index contributed by atoms with van der Waals surface area (Å²) in [6.07, 6.45) is 2.69. The molecule has 0 aliphatic carbocycles. The summed E-state index contributed by atoms with van der Waals surface area (Å²) in [5, 5.41) is 14.3. The number of nitrogens with one attached hydrogen (secondary N) is 1. The van der Waals surface area contributed by atoms with Crippen molar-refractivity contribution in [2.75, 3.05) is 45.9 Å². The zero-order valence-corrected chi connectivity index (χ0v) is 14.2. The minimum Gasteiger partial charge on any atom is -0.395 e. The van der Waals surface area contributed by atoms with Gasteiger partial charge in [-0.15, -0.1) is 0 Å². The fourth-order valence-corrected chi connectivity index (χ4v) is 3.29. The van der Waals surface area contributed by atoms with Crippen LogP contribution in [0.1, 0.15) is 5.89 Å². The Morgan fingerprint density at radius 2 is 1.88 bits per heavy atom. The normalized spacial score (nSPS) is 16.7. The van der Waals surface area contributed by atoms with Gasteiger partial charge in [0.15, 0.2) is 0 Å². The summed E-state index contributed by atoms with van der Waals surface area (Å²) >= 11 is 0. The lowest BCUT2D eigenvalue weighted by Crippen LogP contribution is -2.47. The van der Waals surface area contributed by atoms with E-state index in [2.05, 4.69) is 31.0 Å². The second-order valence-corrected chi connectivity index (χ2v) is 6.45. The van der Waals surface area contributed by atoms with Crippen molar-refractivity contribution in [2.45, 2.75) is 6.42 Å². The first-order valence-electron chi connectivity index (χ1n) is 8.77. The van der Waals surface area contributed by atoms with Crippen molar-refractivity contribution in [3.05, 3.63) is 36.4 Å². The van der Waals surface area contributed by atoms with Crippen LogP contribution in [-0.4, -0.2) is 75.9 Å². The molecule has 1 saturated heterocycles. The molecule has 1 fully saturated rings.